The minimum atomic E-state index is -0.430. The Morgan fingerprint density at radius 2 is 2.06 bits per heavy atom. The number of hydrogen-bond acceptors (Lipinski definition) is 2. The quantitative estimate of drug-likeness (QED) is 0.826. The number of carbonyl (C=O) groups is 1. The van der Waals surface area contributed by atoms with E-state index < -0.39 is 5.82 Å². The molecule has 0 bridgehead atoms. The summed E-state index contributed by atoms with van der Waals surface area (Å²) in [5.41, 5.74) is 0.294. The average Bonchev–Trinajstić information content (AvgIpc) is 2.75. The fourth-order valence-corrected chi connectivity index (χ4v) is 3.24. The van der Waals surface area contributed by atoms with Crippen LogP contribution in [0.3, 0.4) is 0 Å². The molecule has 0 radical (unpaired) electrons. The van der Waals surface area contributed by atoms with Crippen molar-refractivity contribution in [1.29, 1.82) is 0 Å². The predicted molar refractivity (Wildman–Crippen MR) is 77.3 cm³/mol. The molecule has 94 valence electrons. The molecule has 0 aliphatic heterocycles. The molecule has 2 nitrogen and oxygen atoms in total. The molecular formula is C12H8Br2FNOS. The summed E-state index contributed by atoms with van der Waals surface area (Å²) in [4.78, 5) is 12.9. The van der Waals surface area contributed by atoms with Crippen molar-refractivity contribution >= 4 is 49.1 Å². The minimum absolute atomic E-state index is 0.294. The summed E-state index contributed by atoms with van der Waals surface area (Å²) in [5.74, 6) is -0.734. The predicted octanol–water partition coefficient (Wildman–Crippen LogP) is 4.34. The third-order valence-corrected chi connectivity index (χ3v) is 4.89. The van der Waals surface area contributed by atoms with Crippen LogP contribution >= 0.6 is 43.2 Å². The first kappa shape index (κ1) is 13.7. The lowest BCUT2D eigenvalue weighted by atomic mass is 10.2. The Morgan fingerprint density at radius 1 is 1.28 bits per heavy atom. The van der Waals surface area contributed by atoms with E-state index in [2.05, 4.69) is 37.2 Å². The summed E-state index contributed by atoms with van der Waals surface area (Å²) in [6.07, 6.45) is 0. The van der Waals surface area contributed by atoms with Crippen LogP contribution in [0, 0.1) is 5.82 Å². The average molecular weight is 393 g/mol. The van der Waals surface area contributed by atoms with Crippen LogP contribution in [0.2, 0.25) is 0 Å². The fraction of sp³-hybridized carbons (Fsp3) is 0.0833. The van der Waals surface area contributed by atoms with Gasteiger partial charge in [-0.05, 0) is 61.5 Å². The SMILES string of the molecule is O=C(NCc1sccc1Br)c1cc(F)ccc1Br. The van der Waals surface area contributed by atoms with E-state index in [4.69, 9.17) is 0 Å². The highest BCUT2D eigenvalue weighted by Gasteiger charge is 2.11. The van der Waals surface area contributed by atoms with Crippen molar-refractivity contribution in [2.75, 3.05) is 0 Å². The lowest BCUT2D eigenvalue weighted by Crippen LogP contribution is -2.23. The fourth-order valence-electron chi connectivity index (χ4n) is 1.38. The summed E-state index contributed by atoms with van der Waals surface area (Å²) >= 11 is 8.17. The number of hydrogen-bond donors (Lipinski definition) is 1. The zero-order chi connectivity index (χ0) is 13.1. The van der Waals surface area contributed by atoms with Gasteiger partial charge in [0.15, 0.2) is 0 Å². The first-order valence-corrected chi connectivity index (χ1v) is 7.49. The van der Waals surface area contributed by atoms with Crippen molar-refractivity contribution in [3.8, 4) is 0 Å². The summed E-state index contributed by atoms with van der Waals surface area (Å²) in [7, 11) is 0. The Labute approximate surface area is 124 Å². The van der Waals surface area contributed by atoms with Crippen molar-refractivity contribution in [1.82, 2.24) is 5.32 Å². The monoisotopic (exact) mass is 391 g/mol. The van der Waals surface area contributed by atoms with E-state index in [0.717, 1.165) is 9.35 Å². The molecule has 1 amide bonds. The number of carbonyl (C=O) groups excluding carboxylic acids is 1. The zero-order valence-electron chi connectivity index (χ0n) is 9.04. The van der Waals surface area contributed by atoms with Gasteiger partial charge in [-0.1, -0.05) is 0 Å². The topological polar surface area (TPSA) is 29.1 Å². The largest absolute Gasteiger partial charge is 0.347 e. The van der Waals surface area contributed by atoms with Crippen molar-refractivity contribution in [2.24, 2.45) is 0 Å². The molecule has 0 saturated carbocycles. The van der Waals surface area contributed by atoms with E-state index in [-0.39, 0.29) is 5.91 Å². The summed E-state index contributed by atoms with van der Waals surface area (Å²) in [5, 5.41) is 4.69. The molecule has 1 N–H and O–H groups in total. The normalized spacial score (nSPS) is 10.4. The van der Waals surface area contributed by atoms with Crippen molar-refractivity contribution in [2.45, 2.75) is 6.54 Å². The molecule has 0 unspecified atom stereocenters. The number of thiophene rings is 1. The molecule has 0 spiro atoms. The van der Waals surface area contributed by atoms with Crippen LogP contribution < -0.4 is 5.32 Å². The molecule has 0 aliphatic rings. The van der Waals surface area contributed by atoms with Gasteiger partial charge in [-0.3, -0.25) is 4.79 Å². The standard InChI is InChI=1S/C12H8Br2FNOS/c13-9-2-1-7(15)5-8(9)12(17)16-6-11-10(14)3-4-18-11/h1-5H,6H2,(H,16,17). The molecule has 2 rings (SSSR count). The van der Waals surface area contributed by atoms with Crippen LogP contribution in [0.15, 0.2) is 38.6 Å². The van der Waals surface area contributed by atoms with Gasteiger partial charge in [0.25, 0.3) is 5.91 Å². The van der Waals surface area contributed by atoms with Crippen LogP contribution in [0.1, 0.15) is 15.2 Å². The second-order valence-electron chi connectivity index (χ2n) is 3.50. The zero-order valence-corrected chi connectivity index (χ0v) is 13.0. The Balaban J connectivity index is 2.08. The molecule has 1 heterocycles. The third kappa shape index (κ3) is 3.18. The van der Waals surface area contributed by atoms with Crippen LogP contribution in [0.4, 0.5) is 4.39 Å². The first-order chi connectivity index (χ1) is 8.58. The molecule has 1 aromatic carbocycles. The second-order valence-corrected chi connectivity index (χ2v) is 6.21. The van der Waals surface area contributed by atoms with Gasteiger partial charge < -0.3 is 5.32 Å². The Morgan fingerprint density at radius 3 is 2.72 bits per heavy atom. The van der Waals surface area contributed by atoms with Crippen LogP contribution in [-0.2, 0) is 6.54 Å². The summed E-state index contributed by atoms with van der Waals surface area (Å²) in [6.45, 7) is 0.417. The molecule has 2 aromatic rings. The first-order valence-electron chi connectivity index (χ1n) is 5.03. The molecule has 0 aliphatic carbocycles. The van der Waals surface area contributed by atoms with E-state index in [9.17, 15) is 9.18 Å². The highest BCUT2D eigenvalue weighted by atomic mass is 79.9. The van der Waals surface area contributed by atoms with Gasteiger partial charge in [-0.2, -0.15) is 0 Å². The lowest BCUT2D eigenvalue weighted by molar-refractivity contribution is 0.0950. The highest BCUT2D eigenvalue weighted by Crippen LogP contribution is 2.23. The van der Waals surface area contributed by atoms with Gasteiger partial charge in [0.1, 0.15) is 5.82 Å². The molecule has 0 fully saturated rings. The third-order valence-electron chi connectivity index (χ3n) is 2.27. The number of nitrogens with one attached hydrogen (secondary N) is 1. The minimum Gasteiger partial charge on any atom is -0.347 e. The Bertz CT molecular complexity index is 585. The second kappa shape index (κ2) is 5.95. The van der Waals surface area contributed by atoms with E-state index >= 15 is 0 Å². The summed E-state index contributed by atoms with van der Waals surface area (Å²) in [6, 6.07) is 5.95. The summed E-state index contributed by atoms with van der Waals surface area (Å²) < 4.78 is 14.6. The maximum absolute atomic E-state index is 13.1. The lowest BCUT2D eigenvalue weighted by Gasteiger charge is -2.06. The van der Waals surface area contributed by atoms with Crippen LogP contribution in [-0.4, -0.2) is 5.91 Å². The van der Waals surface area contributed by atoms with Gasteiger partial charge >= 0.3 is 0 Å². The number of rotatable bonds is 3. The van der Waals surface area contributed by atoms with Crippen molar-refractivity contribution < 1.29 is 9.18 Å². The van der Waals surface area contributed by atoms with Crippen molar-refractivity contribution in [3.63, 3.8) is 0 Å². The van der Waals surface area contributed by atoms with E-state index in [1.807, 2.05) is 11.4 Å². The molecule has 18 heavy (non-hydrogen) atoms. The van der Waals surface area contributed by atoms with Crippen LogP contribution in [0.5, 0.6) is 0 Å². The molecule has 1 aromatic heterocycles. The van der Waals surface area contributed by atoms with Gasteiger partial charge in [0.2, 0.25) is 0 Å². The van der Waals surface area contributed by atoms with E-state index in [1.54, 1.807) is 11.3 Å². The number of halogens is 3. The highest BCUT2D eigenvalue weighted by molar-refractivity contribution is 9.10. The Kier molecular flexibility index (Phi) is 4.53. The molecule has 0 saturated heterocycles. The molecule has 6 heteroatoms. The van der Waals surface area contributed by atoms with Gasteiger partial charge in [0.05, 0.1) is 12.1 Å². The Hall–Kier alpha value is -0.720. The van der Waals surface area contributed by atoms with Crippen LogP contribution in [0.25, 0.3) is 0 Å². The molecule has 0 atom stereocenters. The maximum Gasteiger partial charge on any atom is 0.252 e. The van der Waals surface area contributed by atoms with Gasteiger partial charge in [0, 0.05) is 13.8 Å². The van der Waals surface area contributed by atoms with E-state index in [1.165, 1.54) is 18.2 Å². The molecular weight excluding hydrogens is 385 g/mol. The number of amides is 1. The van der Waals surface area contributed by atoms with E-state index in [0.29, 0.717) is 16.6 Å². The number of benzene rings is 1. The van der Waals surface area contributed by atoms with Crippen molar-refractivity contribution in [3.05, 3.63) is 54.8 Å². The van der Waals surface area contributed by atoms with Gasteiger partial charge in [-0.15, -0.1) is 11.3 Å². The van der Waals surface area contributed by atoms with Gasteiger partial charge in [-0.25, -0.2) is 4.39 Å². The maximum atomic E-state index is 13.1. The smallest absolute Gasteiger partial charge is 0.252 e.